The molecule has 2 aromatic carbocycles. The number of benzene rings is 2. The minimum absolute atomic E-state index is 0.0656. The van der Waals surface area contributed by atoms with E-state index in [0.717, 1.165) is 5.56 Å². The van der Waals surface area contributed by atoms with E-state index in [1.165, 1.54) is 4.90 Å². The average Bonchev–Trinajstić information content (AvgIpc) is 3.07. The average molecular weight is 335 g/mol. The van der Waals surface area contributed by atoms with E-state index in [1.54, 1.807) is 25.1 Å². The van der Waals surface area contributed by atoms with Crippen LogP contribution in [0.2, 0.25) is 0 Å². The molecule has 0 aliphatic carbocycles. The van der Waals surface area contributed by atoms with E-state index in [1.807, 2.05) is 42.5 Å². The van der Waals surface area contributed by atoms with Gasteiger partial charge in [-0.3, -0.25) is 14.5 Å². The van der Waals surface area contributed by atoms with Crippen molar-refractivity contribution in [3.05, 3.63) is 59.7 Å². The quantitative estimate of drug-likeness (QED) is 0.722. The summed E-state index contributed by atoms with van der Waals surface area (Å²) >= 11 is 0. The standard InChI is InChI=1S/C19H17N3O3/c1-21-11-14(12-7-3-4-8-13(12)17(21)23)18(24)22(2)19-20-15-9-5-6-10-16(15)25-19/h3-10,14H,11H2,1-2H3. The van der Waals surface area contributed by atoms with Gasteiger partial charge in [-0.15, -0.1) is 0 Å². The maximum absolute atomic E-state index is 13.1. The van der Waals surface area contributed by atoms with Crippen molar-refractivity contribution in [1.29, 1.82) is 0 Å². The second kappa shape index (κ2) is 5.73. The molecule has 0 spiro atoms. The summed E-state index contributed by atoms with van der Waals surface area (Å²) in [6.45, 7) is 0.333. The summed E-state index contributed by atoms with van der Waals surface area (Å²) in [7, 11) is 3.35. The van der Waals surface area contributed by atoms with Gasteiger partial charge in [-0.1, -0.05) is 30.3 Å². The number of hydrogen-bond donors (Lipinski definition) is 0. The number of amides is 2. The first-order chi connectivity index (χ1) is 12.1. The smallest absolute Gasteiger partial charge is 0.304 e. The van der Waals surface area contributed by atoms with Crippen molar-refractivity contribution in [3.8, 4) is 0 Å². The number of nitrogens with zero attached hydrogens (tertiary/aromatic N) is 3. The second-order valence-electron chi connectivity index (χ2n) is 6.19. The zero-order valence-corrected chi connectivity index (χ0v) is 14.0. The van der Waals surface area contributed by atoms with E-state index in [-0.39, 0.29) is 17.8 Å². The molecule has 2 heterocycles. The number of para-hydroxylation sites is 2. The fourth-order valence-electron chi connectivity index (χ4n) is 3.20. The highest BCUT2D eigenvalue weighted by Gasteiger charge is 2.36. The molecule has 0 N–H and O–H groups in total. The Balaban J connectivity index is 1.70. The van der Waals surface area contributed by atoms with Crippen molar-refractivity contribution in [3.63, 3.8) is 0 Å². The van der Waals surface area contributed by atoms with Crippen LogP contribution in [0.25, 0.3) is 11.1 Å². The maximum Gasteiger partial charge on any atom is 0.304 e. The van der Waals surface area contributed by atoms with Gasteiger partial charge in [0.25, 0.3) is 5.91 Å². The molecule has 0 fully saturated rings. The van der Waals surface area contributed by atoms with Crippen molar-refractivity contribution in [1.82, 2.24) is 9.88 Å². The van der Waals surface area contributed by atoms with Gasteiger partial charge in [-0.25, -0.2) is 0 Å². The molecular formula is C19H17N3O3. The highest BCUT2D eigenvalue weighted by Crippen LogP contribution is 2.30. The first-order valence-corrected chi connectivity index (χ1v) is 8.04. The predicted octanol–water partition coefficient (Wildman–Crippen LogP) is 2.66. The number of fused-ring (bicyclic) bond motifs is 2. The maximum atomic E-state index is 13.1. The number of carbonyl (C=O) groups is 2. The van der Waals surface area contributed by atoms with E-state index in [9.17, 15) is 9.59 Å². The molecule has 1 aliphatic heterocycles. The molecule has 6 nitrogen and oxygen atoms in total. The lowest BCUT2D eigenvalue weighted by molar-refractivity contribution is -0.120. The van der Waals surface area contributed by atoms with Crippen molar-refractivity contribution in [2.24, 2.45) is 0 Å². The van der Waals surface area contributed by atoms with Crippen LogP contribution in [-0.2, 0) is 4.79 Å². The third kappa shape index (κ3) is 2.46. The Labute approximate surface area is 144 Å². The summed E-state index contributed by atoms with van der Waals surface area (Å²) in [6.07, 6.45) is 0. The first kappa shape index (κ1) is 15.4. The summed E-state index contributed by atoms with van der Waals surface area (Å²) < 4.78 is 5.69. The number of carbonyl (C=O) groups excluding carboxylic acids is 2. The number of aromatic nitrogens is 1. The Kier molecular flexibility index (Phi) is 3.53. The molecule has 1 aromatic heterocycles. The third-order valence-corrected chi connectivity index (χ3v) is 4.57. The van der Waals surface area contributed by atoms with Gasteiger partial charge in [0.05, 0.1) is 5.92 Å². The number of rotatable bonds is 2. The van der Waals surface area contributed by atoms with Gasteiger partial charge in [0.15, 0.2) is 5.58 Å². The highest BCUT2D eigenvalue weighted by atomic mass is 16.4. The van der Waals surface area contributed by atoms with Gasteiger partial charge >= 0.3 is 6.01 Å². The molecule has 2 amide bonds. The van der Waals surface area contributed by atoms with Gasteiger partial charge in [-0.2, -0.15) is 4.98 Å². The van der Waals surface area contributed by atoms with Crippen LogP contribution >= 0.6 is 0 Å². The molecule has 1 atom stereocenters. The van der Waals surface area contributed by atoms with Crippen molar-refractivity contribution in [2.45, 2.75) is 5.92 Å². The molecule has 126 valence electrons. The fraction of sp³-hybridized carbons (Fsp3) is 0.211. The lowest BCUT2D eigenvalue weighted by atomic mass is 9.88. The second-order valence-corrected chi connectivity index (χ2v) is 6.19. The molecule has 1 aliphatic rings. The Morgan fingerprint density at radius 1 is 1.20 bits per heavy atom. The summed E-state index contributed by atoms with van der Waals surface area (Å²) in [5.41, 5.74) is 2.65. The molecule has 1 unspecified atom stereocenters. The van der Waals surface area contributed by atoms with E-state index < -0.39 is 5.92 Å². The molecular weight excluding hydrogens is 318 g/mol. The Morgan fingerprint density at radius 3 is 2.72 bits per heavy atom. The van der Waals surface area contributed by atoms with Crippen LogP contribution in [0, 0.1) is 0 Å². The summed E-state index contributed by atoms with van der Waals surface area (Å²) in [5, 5.41) is 0. The summed E-state index contributed by atoms with van der Waals surface area (Å²) in [6, 6.07) is 14.9. The minimum Gasteiger partial charge on any atom is -0.423 e. The molecule has 3 aromatic rings. The fourth-order valence-corrected chi connectivity index (χ4v) is 3.20. The molecule has 0 saturated carbocycles. The first-order valence-electron chi connectivity index (χ1n) is 8.04. The van der Waals surface area contributed by atoms with Crippen LogP contribution in [0.5, 0.6) is 0 Å². The predicted molar refractivity (Wildman–Crippen MR) is 93.6 cm³/mol. The number of likely N-dealkylation sites (N-methyl/N-ethyl adjacent to an activating group) is 2. The van der Waals surface area contributed by atoms with Crippen LogP contribution in [0.1, 0.15) is 21.8 Å². The van der Waals surface area contributed by atoms with Crippen molar-refractivity contribution < 1.29 is 14.0 Å². The lowest BCUT2D eigenvalue weighted by Gasteiger charge is -2.32. The number of hydrogen-bond acceptors (Lipinski definition) is 4. The molecule has 0 bridgehead atoms. The zero-order valence-electron chi connectivity index (χ0n) is 14.0. The summed E-state index contributed by atoms with van der Waals surface area (Å²) in [5.74, 6) is -0.665. The van der Waals surface area contributed by atoms with Crippen molar-refractivity contribution >= 4 is 28.9 Å². The largest absolute Gasteiger partial charge is 0.423 e. The van der Waals surface area contributed by atoms with E-state index in [2.05, 4.69) is 4.98 Å². The number of anilines is 1. The Morgan fingerprint density at radius 2 is 1.92 bits per heavy atom. The van der Waals surface area contributed by atoms with E-state index in [4.69, 9.17) is 4.42 Å². The Hall–Kier alpha value is -3.15. The zero-order chi connectivity index (χ0) is 17.6. The molecule has 0 radical (unpaired) electrons. The monoisotopic (exact) mass is 335 g/mol. The third-order valence-electron chi connectivity index (χ3n) is 4.57. The molecule has 4 rings (SSSR count). The van der Waals surface area contributed by atoms with Crippen LogP contribution < -0.4 is 4.90 Å². The van der Waals surface area contributed by atoms with Gasteiger partial charge in [-0.05, 0) is 23.8 Å². The van der Waals surface area contributed by atoms with Crippen LogP contribution in [0.15, 0.2) is 52.9 Å². The molecule has 6 heteroatoms. The molecule has 0 saturated heterocycles. The van der Waals surface area contributed by atoms with Gasteiger partial charge in [0.1, 0.15) is 5.52 Å². The highest BCUT2D eigenvalue weighted by molar-refractivity contribution is 6.03. The minimum atomic E-state index is -0.445. The number of oxazole rings is 1. The Bertz CT molecular complexity index is 946. The normalized spacial score (nSPS) is 16.8. The topological polar surface area (TPSA) is 66.7 Å². The SMILES string of the molecule is CN1CC(C(=O)N(C)c2nc3ccccc3o2)c2ccccc2C1=O. The van der Waals surface area contributed by atoms with E-state index >= 15 is 0 Å². The van der Waals surface area contributed by atoms with Crippen molar-refractivity contribution in [2.75, 3.05) is 25.5 Å². The van der Waals surface area contributed by atoms with Crippen LogP contribution in [0.4, 0.5) is 6.01 Å². The lowest BCUT2D eigenvalue weighted by Crippen LogP contribution is -2.44. The molecule has 25 heavy (non-hydrogen) atoms. The van der Waals surface area contributed by atoms with E-state index in [0.29, 0.717) is 23.2 Å². The van der Waals surface area contributed by atoms with Gasteiger partial charge < -0.3 is 9.32 Å². The van der Waals surface area contributed by atoms with Gasteiger partial charge in [0, 0.05) is 26.2 Å². The van der Waals surface area contributed by atoms with Crippen LogP contribution in [-0.4, -0.2) is 42.3 Å². The van der Waals surface area contributed by atoms with Crippen LogP contribution in [0.3, 0.4) is 0 Å². The summed E-state index contributed by atoms with van der Waals surface area (Å²) in [4.78, 5) is 32.8. The van der Waals surface area contributed by atoms with Gasteiger partial charge in [0.2, 0.25) is 5.91 Å².